The maximum Gasteiger partial charge on any atom is 0.0468 e. The van der Waals surface area contributed by atoms with Crippen LogP contribution in [0.1, 0.15) is 61.1 Å². The molecule has 0 saturated heterocycles. The fourth-order valence-electron chi connectivity index (χ4n) is 9.12. The van der Waals surface area contributed by atoms with Crippen molar-refractivity contribution in [3.8, 4) is 0 Å². The highest BCUT2D eigenvalue weighted by Crippen LogP contribution is 2.40. The number of hydrogen-bond donors (Lipinski definition) is 0. The molecule has 0 heterocycles. The van der Waals surface area contributed by atoms with Gasteiger partial charge in [-0.1, -0.05) is 161 Å². The molecular formula is C62H54N2. The van der Waals surface area contributed by atoms with Crippen LogP contribution in [0.25, 0.3) is 55.2 Å². The summed E-state index contributed by atoms with van der Waals surface area (Å²) in [4.78, 5) is 4.77. The maximum absolute atomic E-state index is 2.39. The third kappa shape index (κ3) is 8.28. The Morgan fingerprint density at radius 3 is 0.844 bits per heavy atom. The van der Waals surface area contributed by atoms with E-state index in [9.17, 15) is 0 Å². The van der Waals surface area contributed by atoms with E-state index in [1.54, 1.807) is 0 Å². The highest BCUT2D eigenvalue weighted by atomic mass is 15.1. The van der Waals surface area contributed by atoms with Gasteiger partial charge in [-0.3, -0.25) is 0 Å². The van der Waals surface area contributed by atoms with E-state index in [0.29, 0.717) is 0 Å². The Hall–Kier alpha value is -7.42. The molecule has 0 aliphatic carbocycles. The maximum atomic E-state index is 2.39. The summed E-state index contributed by atoms with van der Waals surface area (Å²) in [5.41, 5.74) is 14.5. The van der Waals surface area contributed by atoms with E-state index < -0.39 is 0 Å². The first-order valence-electron chi connectivity index (χ1n) is 23.0. The van der Waals surface area contributed by atoms with Crippen molar-refractivity contribution < 1.29 is 0 Å². The van der Waals surface area contributed by atoms with Crippen LogP contribution in [0.15, 0.2) is 194 Å². The van der Waals surface area contributed by atoms with Crippen LogP contribution in [0.3, 0.4) is 0 Å². The Labute approximate surface area is 378 Å². The van der Waals surface area contributed by atoms with E-state index in [0.717, 1.165) is 70.9 Å². The minimum absolute atomic E-state index is 1.02. The van der Waals surface area contributed by atoms with Gasteiger partial charge in [0, 0.05) is 34.1 Å². The molecule has 2 nitrogen and oxygen atoms in total. The largest absolute Gasteiger partial charge is 0.310 e. The van der Waals surface area contributed by atoms with E-state index in [1.165, 1.54) is 65.3 Å². The van der Waals surface area contributed by atoms with Crippen LogP contribution in [-0.4, -0.2) is 0 Å². The van der Waals surface area contributed by atoms with Crippen LogP contribution in [0, 0.1) is 0 Å². The Balaban J connectivity index is 0.958. The van der Waals surface area contributed by atoms with Gasteiger partial charge in [-0.25, -0.2) is 0 Å². The standard InChI is InChI=1S/C62H54N2/c1-5-43-12-20-53-39-59(32-24-50(53)35-43)63(60-33-25-51-36-44(6-2)13-21-54(51)40-60)57-27-15-47(16-28-57)9-10-48-17-29-58(30-18-48)64(61-34-26-52-37-45(7-3)14-22-55(52)41-61)62-31-23-49-19-11-46(8-4)38-56(49)42-62/h9-42H,5-8H2,1-4H3/b10-9+. The second kappa shape index (κ2) is 17.8. The summed E-state index contributed by atoms with van der Waals surface area (Å²) in [6.07, 6.45) is 8.54. The molecule has 0 radical (unpaired) electrons. The van der Waals surface area contributed by atoms with Crippen LogP contribution in [0.5, 0.6) is 0 Å². The van der Waals surface area contributed by atoms with Crippen molar-refractivity contribution in [3.63, 3.8) is 0 Å². The van der Waals surface area contributed by atoms with Gasteiger partial charge in [0.2, 0.25) is 0 Å². The lowest BCUT2D eigenvalue weighted by molar-refractivity contribution is 1.15. The van der Waals surface area contributed by atoms with Gasteiger partial charge in [-0.2, -0.15) is 0 Å². The molecule has 2 heteroatoms. The SMILES string of the molecule is CCc1ccc2cc(N(c3ccc(/C=C/c4ccc(N(c5ccc6cc(CC)ccc6c5)c5ccc6ccc(CC)cc6c5)cc4)cc3)c3ccc4cc(CC)ccc4c3)ccc2c1. The molecule has 10 aromatic rings. The lowest BCUT2D eigenvalue weighted by Crippen LogP contribution is -2.10. The molecule has 64 heavy (non-hydrogen) atoms. The Morgan fingerprint density at radius 2 is 0.500 bits per heavy atom. The number of rotatable bonds is 12. The van der Waals surface area contributed by atoms with Crippen molar-refractivity contribution in [2.45, 2.75) is 53.4 Å². The number of fused-ring (bicyclic) bond motifs is 4. The highest BCUT2D eigenvalue weighted by molar-refractivity contribution is 5.95. The third-order valence-corrected chi connectivity index (χ3v) is 13.0. The van der Waals surface area contributed by atoms with Gasteiger partial charge < -0.3 is 9.80 Å². The number of anilines is 6. The first-order valence-corrected chi connectivity index (χ1v) is 23.0. The first-order chi connectivity index (χ1) is 31.4. The molecule has 0 atom stereocenters. The minimum atomic E-state index is 1.02. The summed E-state index contributed by atoms with van der Waals surface area (Å²) in [6, 6.07) is 72.6. The van der Waals surface area contributed by atoms with Gasteiger partial charge in [0.15, 0.2) is 0 Å². The zero-order valence-electron chi connectivity index (χ0n) is 37.4. The molecule has 10 rings (SSSR count). The second-order valence-electron chi connectivity index (χ2n) is 17.1. The molecule has 10 aromatic carbocycles. The average Bonchev–Trinajstić information content (AvgIpc) is 3.35. The molecule has 312 valence electrons. The number of nitrogens with zero attached hydrogens (tertiary/aromatic N) is 2. The lowest BCUT2D eigenvalue weighted by Gasteiger charge is -2.26. The predicted octanol–water partition coefficient (Wildman–Crippen LogP) is 17.7. The van der Waals surface area contributed by atoms with E-state index in [-0.39, 0.29) is 0 Å². The number of aryl methyl sites for hydroxylation is 4. The molecule has 0 aromatic heterocycles. The molecule has 0 amide bonds. The van der Waals surface area contributed by atoms with Crippen molar-refractivity contribution in [1.29, 1.82) is 0 Å². The van der Waals surface area contributed by atoms with Crippen molar-refractivity contribution in [2.24, 2.45) is 0 Å². The van der Waals surface area contributed by atoms with Gasteiger partial charge in [-0.05, 0) is 175 Å². The van der Waals surface area contributed by atoms with Gasteiger partial charge in [0.1, 0.15) is 0 Å². The predicted molar refractivity (Wildman–Crippen MR) is 279 cm³/mol. The summed E-state index contributed by atoms with van der Waals surface area (Å²) in [5.74, 6) is 0. The van der Waals surface area contributed by atoms with Crippen LogP contribution >= 0.6 is 0 Å². The van der Waals surface area contributed by atoms with Crippen molar-refractivity contribution in [3.05, 3.63) is 228 Å². The summed E-state index contributed by atoms with van der Waals surface area (Å²) < 4.78 is 0. The molecule has 0 saturated carbocycles. The molecule has 0 N–H and O–H groups in total. The molecule has 0 unspecified atom stereocenters. The van der Waals surface area contributed by atoms with E-state index in [4.69, 9.17) is 0 Å². The fraction of sp³-hybridized carbons (Fsp3) is 0.129. The van der Waals surface area contributed by atoms with Crippen LogP contribution < -0.4 is 9.80 Å². The zero-order valence-corrected chi connectivity index (χ0v) is 37.4. The molecular weight excluding hydrogens is 773 g/mol. The van der Waals surface area contributed by atoms with Crippen LogP contribution in [-0.2, 0) is 25.7 Å². The zero-order chi connectivity index (χ0) is 43.6. The highest BCUT2D eigenvalue weighted by Gasteiger charge is 2.16. The Morgan fingerprint density at radius 1 is 0.250 bits per heavy atom. The molecule has 0 spiro atoms. The van der Waals surface area contributed by atoms with Crippen LogP contribution in [0.2, 0.25) is 0 Å². The van der Waals surface area contributed by atoms with Crippen molar-refractivity contribution in [1.82, 2.24) is 0 Å². The monoisotopic (exact) mass is 826 g/mol. The molecule has 0 aliphatic rings. The second-order valence-corrected chi connectivity index (χ2v) is 17.1. The quantitative estimate of drug-likeness (QED) is 0.113. The lowest BCUT2D eigenvalue weighted by atomic mass is 10.0. The first kappa shape index (κ1) is 40.6. The van der Waals surface area contributed by atoms with E-state index >= 15 is 0 Å². The molecule has 0 fully saturated rings. The minimum Gasteiger partial charge on any atom is -0.310 e. The summed E-state index contributed by atoms with van der Waals surface area (Å²) in [6.45, 7) is 8.87. The van der Waals surface area contributed by atoms with Crippen LogP contribution in [0.4, 0.5) is 34.1 Å². The van der Waals surface area contributed by atoms with E-state index in [1.807, 2.05) is 0 Å². The summed E-state index contributed by atoms with van der Waals surface area (Å²) >= 11 is 0. The topological polar surface area (TPSA) is 6.48 Å². The Kier molecular flexibility index (Phi) is 11.3. The van der Waals surface area contributed by atoms with Crippen molar-refractivity contribution in [2.75, 3.05) is 9.80 Å². The fourth-order valence-corrected chi connectivity index (χ4v) is 9.12. The average molecular weight is 827 g/mol. The van der Waals surface area contributed by atoms with Gasteiger partial charge in [-0.15, -0.1) is 0 Å². The van der Waals surface area contributed by atoms with Gasteiger partial charge in [0.25, 0.3) is 0 Å². The number of benzene rings is 10. The molecule has 0 aliphatic heterocycles. The summed E-state index contributed by atoms with van der Waals surface area (Å²) in [5, 5.41) is 10.1. The van der Waals surface area contributed by atoms with Crippen molar-refractivity contribution >= 4 is 89.4 Å². The van der Waals surface area contributed by atoms with E-state index in [2.05, 4.69) is 244 Å². The molecule has 0 bridgehead atoms. The normalized spacial score (nSPS) is 11.6. The van der Waals surface area contributed by atoms with Gasteiger partial charge >= 0.3 is 0 Å². The van der Waals surface area contributed by atoms with Gasteiger partial charge in [0.05, 0.1) is 0 Å². The third-order valence-electron chi connectivity index (χ3n) is 13.0. The smallest absolute Gasteiger partial charge is 0.0468 e. The Bertz CT molecular complexity index is 3230. The number of hydrogen-bond acceptors (Lipinski definition) is 2. The summed E-state index contributed by atoms with van der Waals surface area (Å²) in [7, 11) is 0.